The molecule has 1 aromatic carbocycles. The molecule has 1 aromatic heterocycles. The number of rotatable bonds is 9. The van der Waals surface area contributed by atoms with E-state index in [1.807, 2.05) is 12.1 Å². The monoisotopic (exact) mass is 415 g/mol. The minimum Gasteiger partial charge on any atom is -0.508 e. The molecule has 1 aliphatic rings. The fourth-order valence-electron chi connectivity index (χ4n) is 3.33. The van der Waals surface area contributed by atoms with E-state index in [1.165, 1.54) is 0 Å². The van der Waals surface area contributed by atoms with Crippen LogP contribution in [0.25, 0.3) is 0 Å². The number of nitrogens with one attached hydrogen (secondary N) is 1. The minimum absolute atomic E-state index is 0.179. The van der Waals surface area contributed by atoms with Crippen molar-refractivity contribution in [3.8, 4) is 11.5 Å². The number of carbonyl (C=O) groups is 1. The molecule has 30 heavy (non-hydrogen) atoms. The van der Waals surface area contributed by atoms with Crippen LogP contribution in [-0.4, -0.2) is 66.2 Å². The van der Waals surface area contributed by atoms with Crippen molar-refractivity contribution in [3.63, 3.8) is 0 Å². The number of aromatic nitrogens is 1. The summed E-state index contributed by atoms with van der Waals surface area (Å²) in [5.74, 6) is 1.16. The molecule has 0 radical (unpaired) electrons. The van der Waals surface area contributed by atoms with E-state index in [1.54, 1.807) is 37.3 Å². The number of ether oxygens (including phenoxy) is 2. The summed E-state index contributed by atoms with van der Waals surface area (Å²) in [5.41, 5.74) is 0.325. The molecule has 8 heteroatoms. The number of piperidine rings is 1. The summed E-state index contributed by atoms with van der Waals surface area (Å²) in [6.07, 6.45) is 1.20. The fourth-order valence-corrected chi connectivity index (χ4v) is 3.33. The number of carbonyl (C=O) groups excluding carboxylic acids is 1. The van der Waals surface area contributed by atoms with Gasteiger partial charge in [-0.05, 0) is 56.2 Å². The molecule has 1 saturated heterocycles. The summed E-state index contributed by atoms with van der Waals surface area (Å²) in [7, 11) is 0. The normalized spacial score (nSPS) is 15.6. The number of pyridine rings is 1. The summed E-state index contributed by atoms with van der Waals surface area (Å²) >= 11 is 0. The number of benzene rings is 1. The van der Waals surface area contributed by atoms with Crippen LogP contribution in [0.2, 0.25) is 0 Å². The molecule has 162 valence electrons. The van der Waals surface area contributed by atoms with Crippen molar-refractivity contribution in [3.05, 3.63) is 48.2 Å². The molecule has 1 fully saturated rings. The molecule has 0 amide bonds. The first kappa shape index (κ1) is 21.9. The standard InChI is InChI=1S/C22H29N3O5/c1-2-29-22(28)20-4-3-5-21(24-20)25-12-10-16(11-13-25)23-14-18(27)15-30-19-8-6-17(26)7-9-19/h3-9,16,18,23,26-27H,2,10-15H2,1H3. The quantitative estimate of drug-likeness (QED) is 0.534. The number of aromatic hydroxyl groups is 1. The maximum Gasteiger partial charge on any atom is 0.356 e. The highest BCUT2D eigenvalue weighted by Crippen LogP contribution is 2.19. The SMILES string of the molecule is CCOC(=O)c1cccc(N2CCC(NCC(O)COc3ccc(O)cc3)CC2)n1. The number of aliphatic hydroxyl groups excluding tert-OH is 1. The molecule has 0 spiro atoms. The number of hydrogen-bond acceptors (Lipinski definition) is 8. The Morgan fingerprint density at radius 1 is 1.23 bits per heavy atom. The summed E-state index contributed by atoms with van der Waals surface area (Å²) in [5, 5.41) is 22.8. The van der Waals surface area contributed by atoms with Crippen molar-refractivity contribution in [2.45, 2.75) is 31.9 Å². The molecule has 1 aliphatic heterocycles. The van der Waals surface area contributed by atoms with Gasteiger partial charge in [0, 0.05) is 25.7 Å². The summed E-state index contributed by atoms with van der Waals surface area (Å²) in [6.45, 7) is 4.36. The van der Waals surface area contributed by atoms with E-state index >= 15 is 0 Å². The molecule has 2 heterocycles. The number of hydrogen-bond donors (Lipinski definition) is 3. The lowest BCUT2D eigenvalue weighted by atomic mass is 10.0. The van der Waals surface area contributed by atoms with Crippen molar-refractivity contribution in [2.24, 2.45) is 0 Å². The highest BCUT2D eigenvalue weighted by Gasteiger charge is 2.21. The van der Waals surface area contributed by atoms with Crippen LogP contribution in [0.1, 0.15) is 30.3 Å². The van der Waals surface area contributed by atoms with E-state index in [-0.39, 0.29) is 12.4 Å². The Labute approximate surface area is 176 Å². The number of aliphatic hydroxyl groups is 1. The first-order valence-electron chi connectivity index (χ1n) is 10.3. The van der Waals surface area contributed by atoms with Crippen LogP contribution >= 0.6 is 0 Å². The second-order valence-corrected chi connectivity index (χ2v) is 7.23. The number of esters is 1. The zero-order chi connectivity index (χ0) is 21.3. The van der Waals surface area contributed by atoms with Crippen molar-refractivity contribution < 1.29 is 24.5 Å². The highest BCUT2D eigenvalue weighted by atomic mass is 16.5. The third-order valence-corrected chi connectivity index (χ3v) is 4.96. The van der Waals surface area contributed by atoms with Gasteiger partial charge in [-0.15, -0.1) is 0 Å². The van der Waals surface area contributed by atoms with E-state index in [0.717, 1.165) is 31.7 Å². The van der Waals surface area contributed by atoms with Gasteiger partial charge in [0.15, 0.2) is 5.69 Å². The molecule has 0 bridgehead atoms. The molecule has 0 aliphatic carbocycles. The maximum absolute atomic E-state index is 11.9. The van der Waals surface area contributed by atoms with Gasteiger partial charge in [0.25, 0.3) is 0 Å². The Bertz CT molecular complexity index is 807. The Hall–Kier alpha value is -2.84. The molecular formula is C22H29N3O5. The number of anilines is 1. The average Bonchev–Trinajstić information content (AvgIpc) is 2.78. The van der Waals surface area contributed by atoms with Gasteiger partial charge >= 0.3 is 5.97 Å². The molecule has 1 atom stereocenters. The van der Waals surface area contributed by atoms with Gasteiger partial charge in [-0.3, -0.25) is 0 Å². The zero-order valence-corrected chi connectivity index (χ0v) is 17.2. The Balaban J connectivity index is 1.39. The predicted molar refractivity (Wildman–Crippen MR) is 113 cm³/mol. The van der Waals surface area contributed by atoms with E-state index in [2.05, 4.69) is 15.2 Å². The maximum atomic E-state index is 11.9. The third kappa shape index (κ3) is 6.33. The van der Waals surface area contributed by atoms with Crippen LogP contribution in [-0.2, 0) is 4.74 Å². The summed E-state index contributed by atoms with van der Waals surface area (Å²) in [6, 6.07) is 12.1. The Morgan fingerprint density at radius 3 is 2.67 bits per heavy atom. The van der Waals surface area contributed by atoms with Gasteiger partial charge in [-0.2, -0.15) is 0 Å². The molecule has 2 aromatic rings. The van der Waals surface area contributed by atoms with Crippen molar-refractivity contribution in [1.29, 1.82) is 0 Å². The fraction of sp³-hybridized carbons (Fsp3) is 0.455. The molecule has 0 saturated carbocycles. The second kappa shape index (κ2) is 10.8. The van der Waals surface area contributed by atoms with E-state index in [9.17, 15) is 15.0 Å². The van der Waals surface area contributed by atoms with E-state index < -0.39 is 12.1 Å². The smallest absolute Gasteiger partial charge is 0.356 e. The average molecular weight is 415 g/mol. The molecule has 3 N–H and O–H groups in total. The minimum atomic E-state index is -0.625. The highest BCUT2D eigenvalue weighted by molar-refractivity contribution is 5.87. The van der Waals surface area contributed by atoms with Crippen LogP contribution in [0.3, 0.4) is 0 Å². The van der Waals surface area contributed by atoms with Gasteiger partial charge in [-0.1, -0.05) is 6.07 Å². The number of phenolic OH excluding ortho intramolecular Hbond substituents is 1. The topological polar surface area (TPSA) is 104 Å². The van der Waals surface area contributed by atoms with Crippen LogP contribution in [0.15, 0.2) is 42.5 Å². The molecule has 3 rings (SSSR count). The van der Waals surface area contributed by atoms with Crippen LogP contribution < -0.4 is 15.0 Å². The van der Waals surface area contributed by atoms with Crippen molar-refractivity contribution in [1.82, 2.24) is 10.3 Å². The first-order chi connectivity index (χ1) is 14.5. The lowest BCUT2D eigenvalue weighted by molar-refractivity contribution is 0.0519. The van der Waals surface area contributed by atoms with Crippen LogP contribution in [0.5, 0.6) is 11.5 Å². The Morgan fingerprint density at radius 2 is 1.97 bits per heavy atom. The van der Waals surface area contributed by atoms with Gasteiger partial charge < -0.3 is 29.9 Å². The van der Waals surface area contributed by atoms with Crippen LogP contribution in [0.4, 0.5) is 5.82 Å². The third-order valence-electron chi connectivity index (χ3n) is 4.96. The Kier molecular flexibility index (Phi) is 7.87. The van der Waals surface area contributed by atoms with Gasteiger partial charge in [0.2, 0.25) is 0 Å². The molecular weight excluding hydrogens is 386 g/mol. The largest absolute Gasteiger partial charge is 0.508 e. The first-order valence-corrected chi connectivity index (χ1v) is 10.3. The molecule has 1 unspecified atom stereocenters. The van der Waals surface area contributed by atoms with Gasteiger partial charge in [-0.25, -0.2) is 9.78 Å². The van der Waals surface area contributed by atoms with Gasteiger partial charge in [0.1, 0.15) is 30.0 Å². The predicted octanol–water partition coefficient (Wildman–Crippen LogP) is 1.96. The zero-order valence-electron chi connectivity index (χ0n) is 17.2. The number of phenols is 1. The van der Waals surface area contributed by atoms with Gasteiger partial charge in [0.05, 0.1) is 6.61 Å². The van der Waals surface area contributed by atoms with Crippen molar-refractivity contribution >= 4 is 11.8 Å². The molecule has 8 nitrogen and oxygen atoms in total. The van der Waals surface area contributed by atoms with Crippen molar-refractivity contribution in [2.75, 3.05) is 37.7 Å². The van der Waals surface area contributed by atoms with E-state index in [0.29, 0.717) is 30.6 Å². The van der Waals surface area contributed by atoms with Crippen LogP contribution in [0, 0.1) is 0 Å². The second-order valence-electron chi connectivity index (χ2n) is 7.23. The van der Waals surface area contributed by atoms with E-state index in [4.69, 9.17) is 9.47 Å². The lowest BCUT2D eigenvalue weighted by Crippen LogP contribution is -2.45. The summed E-state index contributed by atoms with van der Waals surface area (Å²) < 4.78 is 10.5. The summed E-state index contributed by atoms with van der Waals surface area (Å²) in [4.78, 5) is 18.5. The lowest BCUT2D eigenvalue weighted by Gasteiger charge is -2.33. The number of nitrogens with zero attached hydrogens (tertiary/aromatic N) is 2.